The van der Waals surface area contributed by atoms with E-state index in [1.54, 1.807) is 0 Å². The summed E-state index contributed by atoms with van der Waals surface area (Å²) < 4.78 is 5.29. The first-order chi connectivity index (χ1) is 7.09. The van der Waals surface area contributed by atoms with Crippen LogP contribution in [-0.2, 0) is 0 Å². The zero-order chi connectivity index (χ0) is 11.3. The fourth-order valence-corrected chi connectivity index (χ4v) is 1.20. The molecule has 0 saturated heterocycles. The largest absolute Gasteiger partial charge is 0.406 e. The molecule has 0 amide bonds. The second-order valence-corrected chi connectivity index (χ2v) is 4.20. The van der Waals surface area contributed by atoms with Crippen LogP contribution in [0.2, 0.25) is 0 Å². The Bertz CT molecular complexity index is 283. The zero-order valence-electron chi connectivity index (χ0n) is 9.66. The zero-order valence-corrected chi connectivity index (χ0v) is 9.66. The molecular weight excluding hydrogens is 192 g/mol. The van der Waals surface area contributed by atoms with Crippen LogP contribution in [-0.4, -0.2) is 16.7 Å². The van der Waals surface area contributed by atoms with Crippen molar-refractivity contribution in [3.63, 3.8) is 0 Å². The standard InChI is InChI=1S/C10H20N4O/c1-7(2)5-4-6-12-10-14-13-9(15-10)8(3)11/h7-8H,4-6,11H2,1-3H3,(H,12,14). The Balaban J connectivity index is 2.26. The minimum absolute atomic E-state index is 0.205. The lowest BCUT2D eigenvalue weighted by Gasteiger charge is -2.03. The van der Waals surface area contributed by atoms with Crippen molar-refractivity contribution in [1.82, 2.24) is 10.2 Å². The first kappa shape index (κ1) is 12.0. The Hall–Kier alpha value is -1.10. The van der Waals surface area contributed by atoms with Crippen LogP contribution in [0.1, 0.15) is 45.5 Å². The highest BCUT2D eigenvalue weighted by atomic mass is 16.4. The van der Waals surface area contributed by atoms with Crippen molar-refractivity contribution in [1.29, 1.82) is 0 Å². The molecule has 0 spiro atoms. The minimum atomic E-state index is -0.205. The predicted molar refractivity (Wildman–Crippen MR) is 59.5 cm³/mol. The molecule has 1 aromatic heterocycles. The lowest BCUT2D eigenvalue weighted by Crippen LogP contribution is -2.05. The summed E-state index contributed by atoms with van der Waals surface area (Å²) in [6.07, 6.45) is 2.30. The molecule has 3 N–H and O–H groups in total. The van der Waals surface area contributed by atoms with Crippen molar-refractivity contribution >= 4 is 6.01 Å². The third-order valence-electron chi connectivity index (χ3n) is 2.06. The summed E-state index contributed by atoms with van der Waals surface area (Å²) in [4.78, 5) is 0. The van der Waals surface area contributed by atoms with Gasteiger partial charge in [0, 0.05) is 6.54 Å². The van der Waals surface area contributed by atoms with E-state index in [1.807, 2.05) is 6.92 Å². The molecule has 0 bridgehead atoms. The second kappa shape index (κ2) is 5.70. The van der Waals surface area contributed by atoms with Gasteiger partial charge in [0.05, 0.1) is 6.04 Å². The van der Waals surface area contributed by atoms with Crippen LogP contribution in [0.4, 0.5) is 6.01 Å². The normalized spacial score (nSPS) is 13.1. The maximum absolute atomic E-state index is 5.60. The van der Waals surface area contributed by atoms with Crippen LogP contribution in [0, 0.1) is 5.92 Å². The number of nitrogens with one attached hydrogen (secondary N) is 1. The van der Waals surface area contributed by atoms with E-state index in [9.17, 15) is 0 Å². The number of hydrogen-bond acceptors (Lipinski definition) is 5. The van der Waals surface area contributed by atoms with Gasteiger partial charge < -0.3 is 15.5 Å². The van der Waals surface area contributed by atoms with E-state index >= 15 is 0 Å². The first-order valence-corrected chi connectivity index (χ1v) is 5.42. The molecule has 0 radical (unpaired) electrons. The molecule has 0 aliphatic heterocycles. The Labute approximate surface area is 90.4 Å². The highest BCUT2D eigenvalue weighted by Gasteiger charge is 2.08. The molecule has 0 aromatic carbocycles. The van der Waals surface area contributed by atoms with Gasteiger partial charge in [-0.1, -0.05) is 18.9 Å². The molecule has 0 saturated carbocycles. The lowest BCUT2D eigenvalue weighted by molar-refractivity contribution is 0.471. The van der Waals surface area contributed by atoms with Gasteiger partial charge in [0.25, 0.3) is 0 Å². The minimum Gasteiger partial charge on any atom is -0.406 e. The fraction of sp³-hybridized carbons (Fsp3) is 0.800. The summed E-state index contributed by atoms with van der Waals surface area (Å²) in [5, 5.41) is 10.8. The summed E-state index contributed by atoms with van der Waals surface area (Å²) in [5.74, 6) is 1.20. The van der Waals surface area contributed by atoms with Gasteiger partial charge in [-0.3, -0.25) is 0 Å². The molecule has 1 atom stereocenters. The van der Waals surface area contributed by atoms with Crippen LogP contribution in [0.3, 0.4) is 0 Å². The SMILES string of the molecule is CC(C)CCCNc1nnc(C(C)N)o1. The Morgan fingerprint density at radius 1 is 1.33 bits per heavy atom. The summed E-state index contributed by atoms with van der Waals surface area (Å²) in [5.41, 5.74) is 5.60. The molecule has 1 aromatic rings. The highest BCUT2D eigenvalue weighted by molar-refractivity contribution is 5.16. The molecule has 15 heavy (non-hydrogen) atoms. The Kier molecular flexibility index (Phi) is 4.55. The molecule has 0 fully saturated rings. The Morgan fingerprint density at radius 2 is 2.07 bits per heavy atom. The van der Waals surface area contributed by atoms with Crippen LogP contribution in [0.15, 0.2) is 4.42 Å². The van der Waals surface area contributed by atoms with Crippen molar-refractivity contribution in [2.45, 2.75) is 39.7 Å². The quantitative estimate of drug-likeness (QED) is 0.705. The monoisotopic (exact) mass is 212 g/mol. The van der Waals surface area contributed by atoms with Crippen LogP contribution in [0.25, 0.3) is 0 Å². The number of nitrogens with zero attached hydrogens (tertiary/aromatic N) is 2. The highest BCUT2D eigenvalue weighted by Crippen LogP contribution is 2.11. The molecule has 5 heteroatoms. The third kappa shape index (κ3) is 4.29. The van der Waals surface area contributed by atoms with Gasteiger partial charge in [0.2, 0.25) is 5.89 Å². The second-order valence-electron chi connectivity index (χ2n) is 4.20. The molecule has 1 heterocycles. The molecular formula is C10H20N4O. The molecule has 0 aliphatic carbocycles. The first-order valence-electron chi connectivity index (χ1n) is 5.42. The van der Waals surface area contributed by atoms with E-state index in [2.05, 4.69) is 29.4 Å². The maximum Gasteiger partial charge on any atom is 0.315 e. The van der Waals surface area contributed by atoms with Gasteiger partial charge in [-0.15, -0.1) is 5.10 Å². The Morgan fingerprint density at radius 3 is 2.60 bits per heavy atom. The average Bonchev–Trinajstić information content (AvgIpc) is 2.60. The number of anilines is 1. The van der Waals surface area contributed by atoms with Crippen molar-refractivity contribution in [2.24, 2.45) is 11.7 Å². The van der Waals surface area contributed by atoms with E-state index in [0.29, 0.717) is 11.9 Å². The van der Waals surface area contributed by atoms with Crippen molar-refractivity contribution in [3.05, 3.63) is 5.89 Å². The third-order valence-corrected chi connectivity index (χ3v) is 2.06. The van der Waals surface area contributed by atoms with Crippen molar-refractivity contribution in [3.8, 4) is 0 Å². The predicted octanol–water partition coefficient (Wildman–Crippen LogP) is 1.94. The van der Waals surface area contributed by atoms with Crippen molar-refractivity contribution < 1.29 is 4.42 Å². The molecule has 86 valence electrons. The lowest BCUT2D eigenvalue weighted by atomic mass is 10.1. The fourth-order valence-electron chi connectivity index (χ4n) is 1.20. The number of nitrogens with two attached hydrogens (primary N) is 1. The molecule has 5 nitrogen and oxygen atoms in total. The van der Waals surface area contributed by atoms with E-state index in [1.165, 1.54) is 6.42 Å². The van der Waals surface area contributed by atoms with E-state index in [4.69, 9.17) is 10.2 Å². The van der Waals surface area contributed by atoms with Crippen molar-refractivity contribution in [2.75, 3.05) is 11.9 Å². The number of hydrogen-bond donors (Lipinski definition) is 2. The molecule has 1 rings (SSSR count). The summed E-state index contributed by atoms with van der Waals surface area (Å²) in [6, 6.07) is 0.259. The van der Waals surface area contributed by atoms with E-state index in [-0.39, 0.29) is 6.04 Å². The number of rotatable bonds is 6. The topological polar surface area (TPSA) is 77.0 Å². The summed E-state index contributed by atoms with van der Waals surface area (Å²) >= 11 is 0. The van der Waals surface area contributed by atoms with Gasteiger partial charge >= 0.3 is 6.01 Å². The smallest absolute Gasteiger partial charge is 0.315 e. The van der Waals surface area contributed by atoms with Crippen LogP contribution < -0.4 is 11.1 Å². The molecule has 0 aliphatic rings. The summed E-state index contributed by atoms with van der Waals surface area (Å²) in [6.45, 7) is 7.09. The van der Waals surface area contributed by atoms with E-state index < -0.39 is 0 Å². The number of aromatic nitrogens is 2. The van der Waals surface area contributed by atoms with Crippen LogP contribution >= 0.6 is 0 Å². The molecule has 1 unspecified atom stereocenters. The van der Waals surface area contributed by atoms with Gasteiger partial charge in [-0.25, -0.2) is 0 Å². The van der Waals surface area contributed by atoms with Gasteiger partial charge in [-0.05, 0) is 25.7 Å². The van der Waals surface area contributed by atoms with Crippen LogP contribution in [0.5, 0.6) is 0 Å². The maximum atomic E-state index is 5.60. The van der Waals surface area contributed by atoms with Gasteiger partial charge in [0.15, 0.2) is 0 Å². The average molecular weight is 212 g/mol. The summed E-state index contributed by atoms with van der Waals surface area (Å²) in [7, 11) is 0. The van der Waals surface area contributed by atoms with Gasteiger partial charge in [0.1, 0.15) is 0 Å². The van der Waals surface area contributed by atoms with E-state index in [0.717, 1.165) is 18.9 Å². The van der Waals surface area contributed by atoms with Gasteiger partial charge in [-0.2, -0.15) is 0 Å².